The summed E-state index contributed by atoms with van der Waals surface area (Å²) in [6, 6.07) is 7.95. The van der Waals surface area contributed by atoms with E-state index in [-0.39, 0.29) is 5.91 Å². The molecular formula is C15H24N2O2. The number of hydrogen-bond donors (Lipinski definition) is 1. The average Bonchev–Trinajstić information content (AvgIpc) is 2.36. The van der Waals surface area contributed by atoms with Crippen molar-refractivity contribution in [3.63, 3.8) is 0 Å². The van der Waals surface area contributed by atoms with Gasteiger partial charge in [0.15, 0.2) is 0 Å². The Hall–Kier alpha value is -1.55. The standard InChI is InChI=1S/C15H24N2O2/c1-5-19-13-8-6-12(7-9-13)10-11-17(4)14(18)15(2,3)16/h6-9H,5,10-11,16H2,1-4H3. The van der Waals surface area contributed by atoms with E-state index in [1.165, 1.54) is 5.56 Å². The summed E-state index contributed by atoms with van der Waals surface area (Å²) in [5.41, 5.74) is 6.16. The van der Waals surface area contributed by atoms with Crippen LogP contribution in [-0.2, 0) is 11.2 Å². The quantitative estimate of drug-likeness (QED) is 0.852. The first-order chi connectivity index (χ1) is 8.84. The Morgan fingerprint density at radius 3 is 2.37 bits per heavy atom. The lowest BCUT2D eigenvalue weighted by atomic mass is 10.1. The Kier molecular flexibility index (Phi) is 5.36. The zero-order valence-electron chi connectivity index (χ0n) is 12.3. The van der Waals surface area contributed by atoms with Crippen LogP contribution in [0.1, 0.15) is 26.3 Å². The maximum atomic E-state index is 11.9. The highest BCUT2D eigenvalue weighted by atomic mass is 16.5. The Morgan fingerprint density at radius 2 is 1.89 bits per heavy atom. The number of nitrogens with two attached hydrogens (primary N) is 1. The summed E-state index contributed by atoms with van der Waals surface area (Å²) in [6.45, 7) is 6.74. The lowest BCUT2D eigenvalue weighted by Crippen LogP contribution is -2.50. The summed E-state index contributed by atoms with van der Waals surface area (Å²) in [7, 11) is 1.78. The number of likely N-dealkylation sites (N-methyl/N-ethyl adjacent to an activating group) is 1. The van der Waals surface area contributed by atoms with Crippen LogP contribution in [0.15, 0.2) is 24.3 Å². The van der Waals surface area contributed by atoms with E-state index in [1.54, 1.807) is 25.8 Å². The summed E-state index contributed by atoms with van der Waals surface area (Å²) < 4.78 is 5.39. The number of amides is 1. The van der Waals surface area contributed by atoms with Crippen molar-refractivity contribution in [1.29, 1.82) is 0 Å². The number of benzene rings is 1. The molecule has 0 saturated heterocycles. The van der Waals surface area contributed by atoms with Gasteiger partial charge in [-0.1, -0.05) is 12.1 Å². The highest BCUT2D eigenvalue weighted by Crippen LogP contribution is 2.13. The van der Waals surface area contributed by atoms with Gasteiger partial charge in [-0.15, -0.1) is 0 Å². The van der Waals surface area contributed by atoms with E-state index in [0.717, 1.165) is 12.2 Å². The largest absolute Gasteiger partial charge is 0.494 e. The molecule has 4 nitrogen and oxygen atoms in total. The Morgan fingerprint density at radius 1 is 1.32 bits per heavy atom. The fourth-order valence-corrected chi connectivity index (χ4v) is 1.81. The number of rotatable bonds is 6. The van der Waals surface area contributed by atoms with Gasteiger partial charge in [-0.3, -0.25) is 4.79 Å². The Labute approximate surface area is 115 Å². The normalized spacial score (nSPS) is 11.2. The molecule has 0 fully saturated rings. The molecule has 0 aromatic heterocycles. The van der Waals surface area contributed by atoms with Crippen molar-refractivity contribution in [2.75, 3.05) is 20.2 Å². The molecule has 0 aliphatic heterocycles. The van der Waals surface area contributed by atoms with Crippen molar-refractivity contribution in [3.8, 4) is 5.75 Å². The molecule has 0 unspecified atom stereocenters. The predicted molar refractivity (Wildman–Crippen MR) is 77.2 cm³/mol. The van der Waals surface area contributed by atoms with Crippen LogP contribution in [-0.4, -0.2) is 36.5 Å². The van der Waals surface area contributed by atoms with Gasteiger partial charge in [0.05, 0.1) is 12.1 Å². The Bertz CT molecular complexity index is 407. The van der Waals surface area contributed by atoms with Gasteiger partial charge in [0.2, 0.25) is 5.91 Å². The van der Waals surface area contributed by atoms with Crippen LogP contribution in [0.4, 0.5) is 0 Å². The van der Waals surface area contributed by atoms with Crippen molar-refractivity contribution < 1.29 is 9.53 Å². The number of hydrogen-bond acceptors (Lipinski definition) is 3. The SMILES string of the molecule is CCOc1ccc(CCN(C)C(=O)C(C)(C)N)cc1. The van der Waals surface area contributed by atoms with Gasteiger partial charge in [0, 0.05) is 13.6 Å². The van der Waals surface area contributed by atoms with Gasteiger partial charge in [0.25, 0.3) is 0 Å². The van der Waals surface area contributed by atoms with Gasteiger partial charge in [-0.25, -0.2) is 0 Å². The number of nitrogens with zero attached hydrogens (tertiary/aromatic N) is 1. The third kappa shape index (κ3) is 4.91. The second-order valence-corrected chi connectivity index (χ2v) is 5.28. The lowest BCUT2D eigenvalue weighted by molar-refractivity contribution is -0.134. The fourth-order valence-electron chi connectivity index (χ4n) is 1.81. The van der Waals surface area contributed by atoms with E-state index < -0.39 is 5.54 Å². The zero-order valence-corrected chi connectivity index (χ0v) is 12.3. The molecule has 0 heterocycles. The average molecular weight is 264 g/mol. The van der Waals surface area contributed by atoms with E-state index in [2.05, 4.69) is 0 Å². The van der Waals surface area contributed by atoms with Crippen LogP contribution in [0.3, 0.4) is 0 Å². The molecule has 0 spiro atoms. The summed E-state index contributed by atoms with van der Waals surface area (Å²) in [5.74, 6) is 0.831. The van der Waals surface area contributed by atoms with Crippen LogP contribution in [0.2, 0.25) is 0 Å². The first-order valence-electron chi connectivity index (χ1n) is 6.60. The van der Waals surface area contributed by atoms with E-state index >= 15 is 0 Å². The van der Waals surface area contributed by atoms with Crippen molar-refractivity contribution >= 4 is 5.91 Å². The summed E-state index contributed by atoms with van der Waals surface area (Å²) in [6.07, 6.45) is 0.810. The topological polar surface area (TPSA) is 55.6 Å². The monoisotopic (exact) mass is 264 g/mol. The van der Waals surface area contributed by atoms with Crippen LogP contribution in [0, 0.1) is 0 Å². The molecule has 1 aromatic carbocycles. The van der Waals surface area contributed by atoms with Gasteiger partial charge in [-0.2, -0.15) is 0 Å². The third-order valence-corrected chi connectivity index (χ3v) is 2.87. The highest BCUT2D eigenvalue weighted by molar-refractivity contribution is 5.84. The molecule has 1 aromatic rings. The fraction of sp³-hybridized carbons (Fsp3) is 0.533. The number of carbonyl (C=O) groups excluding carboxylic acids is 1. The second kappa shape index (κ2) is 6.57. The molecule has 106 valence electrons. The zero-order chi connectivity index (χ0) is 14.5. The van der Waals surface area contributed by atoms with E-state index in [0.29, 0.717) is 13.2 Å². The van der Waals surface area contributed by atoms with Gasteiger partial charge < -0.3 is 15.4 Å². The molecule has 4 heteroatoms. The molecule has 2 N–H and O–H groups in total. The molecule has 0 atom stereocenters. The molecule has 0 bridgehead atoms. The van der Waals surface area contributed by atoms with Crippen LogP contribution in [0.25, 0.3) is 0 Å². The number of ether oxygens (including phenoxy) is 1. The summed E-state index contributed by atoms with van der Waals surface area (Å²) in [4.78, 5) is 13.6. The van der Waals surface area contributed by atoms with E-state index in [1.807, 2.05) is 31.2 Å². The van der Waals surface area contributed by atoms with Gasteiger partial charge >= 0.3 is 0 Å². The molecule has 0 saturated carbocycles. The van der Waals surface area contributed by atoms with Gasteiger partial charge in [0.1, 0.15) is 5.75 Å². The van der Waals surface area contributed by atoms with E-state index in [9.17, 15) is 4.79 Å². The maximum Gasteiger partial charge on any atom is 0.241 e. The van der Waals surface area contributed by atoms with Gasteiger partial charge in [-0.05, 0) is 44.9 Å². The highest BCUT2D eigenvalue weighted by Gasteiger charge is 2.25. The molecule has 1 rings (SSSR count). The molecule has 0 aliphatic rings. The maximum absolute atomic E-state index is 11.9. The molecule has 0 aliphatic carbocycles. The molecular weight excluding hydrogens is 240 g/mol. The van der Waals surface area contributed by atoms with Crippen molar-refractivity contribution in [1.82, 2.24) is 4.90 Å². The van der Waals surface area contributed by atoms with Crippen LogP contribution >= 0.6 is 0 Å². The van der Waals surface area contributed by atoms with Crippen molar-refractivity contribution in [2.24, 2.45) is 5.73 Å². The van der Waals surface area contributed by atoms with E-state index in [4.69, 9.17) is 10.5 Å². The van der Waals surface area contributed by atoms with Crippen molar-refractivity contribution in [3.05, 3.63) is 29.8 Å². The minimum absolute atomic E-state index is 0.0431. The summed E-state index contributed by atoms with van der Waals surface area (Å²) in [5, 5.41) is 0. The lowest BCUT2D eigenvalue weighted by Gasteiger charge is -2.25. The minimum atomic E-state index is -0.812. The third-order valence-electron chi connectivity index (χ3n) is 2.87. The van der Waals surface area contributed by atoms with Crippen LogP contribution in [0.5, 0.6) is 5.75 Å². The summed E-state index contributed by atoms with van der Waals surface area (Å²) >= 11 is 0. The van der Waals surface area contributed by atoms with Crippen molar-refractivity contribution in [2.45, 2.75) is 32.7 Å². The molecule has 1 amide bonds. The molecule has 19 heavy (non-hydrogen) atoms. The first-order valence-corrected chi connectivity index (χ1v) is 6.60. The minimum Gasteiger partial charge on any atom is -0.494 e. The molecule has 0 radical (unpaired) electrons. The smallest absolute Gasteiger partial charge is 0.241 e. The second-order valence-electron chi connectivity index (χ2n) is 5.28. The number of carbonyl (C=O) groups is 1. The predicted octanol–water partition coefficient (Wildman–Crippen LogP) is 1.82. The Balaban J connectivity index is 2.50. The first kappa shape index (κ1) is 15.5. The van der Waals surface area contributed by atoms with Crippen LogP contribution < -0.4 is 10.5 Å².